The Balaban J connectivity index is 2.15. The van der Waals surface area contributed by atoms with E-state index in [-0.39, 0.29) is 10.6 Å². The fourth-order valence-corrected chi connectivity index (χ4v) is 3.66. The van der Waals surface area contributed by atoms with E-state index in [0.717, 1.165) is 23.5 Å². The summed E-state index contributed by atoms with van der Waals surface area (Å²) in [5.74, 6) is 0. The molecule has 0 amide bonds. The molecule has 0 saturated heterocycles. The number of thioether (sulfide) groups is 1. The van der Waals surface area contributed by atoms with Gasteiger partial charge in [0.2, 0.25) is 0 Å². The molecule has 19 heavy (non-hydrogen) atoms. The minimum absolute atomic E-state index is 0.182. The number of benzene rings is 1. The molecule has 0 bridgehead atoms. The van der Waals surface area contributed by atoms with Crippen LogP contribution in [0.1, 0.15) is 39.0 Å². The molecular formula is C14H20N2O2S. The Morgan fingerprint density at radius 1 is 1.37 bits per heavy atom. The summed E-state index contributed by atoms with van der Waals surface area (Å²) in [7, 11) is 0. The first kappa shape index (κ1) is 14.2. The van der Waals surface area contributed by atoms with Crippen LogP contribution in [-0.4, -0.2) is 16.7 Å². The molecule has 0 aliphatic heterocycles. The molecular weight excluding hydrogens is 260 g/mol. The lowest BCUT2D eigenvalue weighted by atomic mass is 10.2. The lowest BCUT2D eigenvalue weighted by Crippen LogP contribution is -2.01. The quantitative estimate of drug-likeness (QED) is 0.617. The highest BCUT2D eigenvalue weighted by Gasteiger charge is 2.18. The van der Waals surface area contributed by atoms with Crippen LogP contribution in [0.5, 0.6) is 0 Å². The second kappa shape index (κ2) is 6.80. The molecule has 5 heteroatoms. The zero-order valence-electron chi connectivity index (χ0n) is 11.2. The van der Waals surface area contributed by atoms with Gasteiger partial charge < -0.3 is 5.32 Å². The Hall–Kier alpha value is -1.23. The van der Waals surface area contributed by atoms with Crippen LogP contribution in [0.15, 0.2) is 23.1 Å². The summed E-state index contributed by atoms with van der Waals surface area (Å²) in [6.45, 7) is 2.92. The minimum atomic E-state index is -0.310. The third-order valence-electron chi connectivity index (χ3n) is 3.29. The maximum atomic E-state index is 11.0. The molecule has 0 aromatic heterocycles. The normalized spacial score (nSPS) is 15.6. The van der Waals surface area contributed by atoms with Gasteiger partial charge in [-0.25, -0.2) is 0 Å². The van der Waals surface area contributed by atoms with Gasteiger partial charge in [-0.2, -0.15) is 0 Å². The predicted octanol–water partition coefficient (Wildman–Crippen LogP) is 4.45. The minimum Gasteiger partial charge on any atom is -0.385 e. The molecule has 104 valence electrons. The van der Waals surface area contributed by atoms with Crippen LogP contribution < -0.4 is 5.32 Å². The topological polar surface area (TPSA) is 55.2 Å². The van der Waals surface area contributed by atoms with Crippen LogP contribution in [0.4, 0.5) is 11.4 Å². The predicted molar refractivity (Wildman–Crippen MR) is 80.0 cm³/mol. The number of nitrogens with zero attached hydrogens (tertiary/aromatic N) is 1. The van der Waals surface area contributed by atoms with E-state index in [1.165, 1.54) is 25.7 Å². The Morgan fingerprint density at radius 3 is 2.74 bits per heavy atom. The lowest BCUT2D eigenvalue weighted by molar-refractivity contribution is -0.385. The standard InChI is InChI=1S/C14H20N2O2S/c1-2-7-15-11-8-12(16(17)18)10-14(9-11)19-13-5-3-4-6-13/h8-10,13,15H,2-7H2,1H3. The van der Waals surface area contributed by atoms with Crippen molar-refractivity contribution in [1.29, 1.82) is 0 Å². The number of non-ortho nitro benzene ring substituents is 1. The number of hydrogen-bond donors (Lipinski definition) is 1. The molecule has 0 heterocycles. The largest absolute Gasteiger partial charge is 0.385 e. The van der Waals surface area contributed by atoms with Crippen LogP contribution in [0, 0.1) is 10.1 Å². The SMILES string of the molecule is CCCNc1cc(SC2CCCC2)cc([N+](=O)[O-])c1. The van der Waals surface area contributed by atoms with Crippen molar-refractivity contribution in [2.24, 2.45) is 0 Å². The summed E-state index contributed by atoms with van der Waals surface area (Å²) in [5.41, 5.74) is 1.04. The van der Waals surface area contributed by atoms with E-state index in [1.54, 1.807) is 23.9 Å². The molecule has 1 N–H and O–H groups in total. The summed E-state index contributed by atoms with van der Waals surface area (Å²) in [5, 5.41) is 14.8. The van der Waals surface area contributed by atoms with Crippen molar-refractivity contribution in [1.82, 2.24) is 0 Å². The second-order valence-corrected chi connectivity index (χ2v) is 6.30. The van der Waals surface area contributed by atoms with E-state index < -0.39 is 0 Å². The van der Waals surface area contributed by atoms with Crippen molar-refractivity contribution in [2.45, 2.75) is 49.2 Å². The third-order valence-corrected chi connectivity index (χ3v) is 4.60. The van der Waals surface area contributed by atoms with Crippen molar-refractivity contribution < 1.29 is 4.92 Å². The van der Waals surface area contributed by atoms with Gasteiger partial charge in [0.1, 0.15) is 0 Å². The van der Waals surface area contributed by atoms with Gasteiger partial charge in [-0.05, 0) is 25.3 Å². The van der Waals surface area contributed by atoms with Gasteiger partial charge in [-0.3, -0.25) is 10.1 Å². The Bertz CT molecular complexity index is 445. The first-order valence-corrected chi connectivity index (χ1v) is 7.77. The summed E-state index contributed by atoms with van der Waals surface area (Å²) in [4.78, 5) is 11.7. The van der Waals surface area contributed by atoms with Gasteiger partial charge in [0.15, 0.2) is 0 Å². The van der Waals surface area contributed by atoms with Crippen LogP contribution in [0.2, 0.25) is 0 Å². The highest BCUT2D eigenvalue weighted by molar-refractivity contribution is 8.00. The average molecular weight is 280 g/mol. The van der Waals surface area contributed by atoms with Crippen LogP contribution in [-0.2, 0) is 0 Å². The van der Waals surface area contributed by atoms with E-state index in [0.29, 0.717) is 5.25 Å². The van der Waals surface area contributed by atoms with Crippen LogP contribution in [0.3, 0.4) is 0 Å². The van der Waals surface area contributed by atoms with Crippen molar-refractivity contribution in [3.8, 4) is 0 Å². The zero-order valence-corrected chi connectivity index (χ0v) is 12.0. The fraction of sp³-hybridized carbons (Fsp3) is 0.571. The van der Waals surface area contributed by atoms with Gasteiger partial charge in [0.25, 0.3) is 5.69 Å². The van der Waals surface area contributed by atoms with Crippen molar-refractivity contribution >= 4 is 23.1 Å². The smallest absolute Gasteiger partial charge is 0.272 e. The first-order chi connectivity index (χ1) is 9.19. The Kier molecular flexibility index (Phi) is 5.07. The highest BCUT2D eigenvalue weighted by atomic mass is 32.2. The molecule has 1 aromatic rings. The first-order valence-electron chi connectivity index (χ1n) is 6.89. The van der Waals surface area contributed by atoms with Crippen molar-refractivity contribution in [3.63, 3.8) is 0 Å². The summed E-state index contributed by atoms with van der Waals surface area (Å²) < 4.78 is 0. The molecule has 4 nitrogen and oxygen atoms in total. The van der Waals surface area contributed by atoms with Crippen molar-refractivity contribution in [3.05, 3.63) is 28.3 Å². The number of rotatable bonds is 6. The second-order valence-electron chi connectivity index (χ2n) is 4.92. The number of nitrogens with one attached hydrogen (secondary N) is 1. The molecule has 1 fully saturated rings. The van der Waals surface area contributed by atoms with Crippen LogP contribution in [0.25, 0.3) is 0 Å². The number of hydrogen-bond acceptors (Lipinski definition) is 4. The van der Waals surface area contributed by atoms with Gasteiger partial charge >= 0.3 is 0 Å². The summed E-state index contributed by atoms with van der Waals surface area (Å²) in [6, 6.07) is 5.35. The molecule has 1 aromatic carbocycles. The van der Waals surface area contributed by atoms with Gasteiger partial charge in [0, 0.05) is 34.5 Å². The lowest BCUT2D eigenvalue weighted by Gasteiger charge is -2.11. The third kappa shape index (κ3) is 4.13. The Labute approximate surface area is 118 Å². The van der Waals surface area contributed by atoms with Gasteiger partial charge in [0.05, 0.1) is 4.92 Å². The van der Waals surface area contributed by atoms with Gasteiger partial charge in [-0.15, -0.1) is 11.8 Å². The summed E-state index contributed by atoms with van der Waals surface area (Å²) >= 11 is 1.79. The Morgan fingerprint density at radius 2 is 2.11 bits per heavy atom. The number of nitro benzene ring substituents is 1. The molecule has 0 atom stereocenters. The van der Waals surface area contributed by atoms with E-state index in [2.05, 4.69) is 12.2 Å². The molecule has 0 radical (unpaired) electrons. The van der Waals surface area contributed by atoms with E-state index in [4.69, 9.17) is 0 Å². The van der Waals surface area contributed by atoms with Crippen molar-refractivity contribution in [2.75, 3.05) is 11.9 Å². The number of nitro groups is 1. The fourth-order valence-electron chi connectivity index (χ4n) is 2.33. The molecule has 0 spiro atoms. The number of anilines is 1. The van der Waals surface area contributed by atoms with E-state index in [1.807, 2.05) is 6.07 Å². The maximum absolute atomic E-state index is 11.0. The molecule has 2 rings (SSSR count). The van der Waals surface area contributed by atoms with E-state index >= 15 is 0 Å². The zero-order chi connectivity index (χ0) is 13.7. The molecule has 1 aliphatic carbocycles. The molecule has 0 unspecified atom stereocenters. The molecule has 1 aliphatic rings. The highest BCUT2D eigenvalue weighted by Crippen LogP contribution is 2.37. The van der Waals surface area contributed by atoms with E-state index in [9.17, 15) is 10.1 Å². The van der Waals surface area contributed by atoms with Gasteiger partial charge in [-0.1, -0.05) is 19.8 Å². The average Bonchev–Trinajstić information content (AvgIpc) is 2.89. The maximum Gasteiger partial charge on any atom is 0.272 e. The van der Waals surface area contributed by atoms with Crippen LogP contribution >= 0.6 is 11.8 Å². The molecule has 1 saturated carbocycles. The summed E-state index contributed by atoms with van der Waals surface area (Å²) in [6.07, 6.45) is 6.03. The monoisotopic (exact) mass is 280 g/mol.